The number of ether oxygens (including phenoxy) is 3. The number of esters is 1. The van der Waals surface area contributed by atoms with E-state index in [0.717, 1.165) is 64.3 Å². The summed E-state index contributed by atoms with van der Waals surface area (Å²) >= 11 is 0. The molecule has 2 bridgehead atoms. The Balaban J connectivity index is 1.23. The van der Waals surface area contributed by atoms with Gasteiger partial charge in [0.2, 0.25) is 59.1 Å². The first-order valence-corrected chi connectivity index (χ1v) is 37.9. The fourth-order valence-electron chi connectivity index (χ4n) is 15.9. The lowest BCUT2D eigenvalue weighted by atomic mass is 9.78. The molecule has 4 heterocycles. The number of hydrogen-bond acceptors (Lipinski definition) is 15. The van der Waals surface area contributed by atoms with Crippen LogP contribution in [0, 0.1) is 11.8 Å². The third-order valence-electron chi connectivity index (χ3n) is 22.6. The van der Waals surface area contributed by atoms with E-state index in [1.54, 1.807) is 39.8 Å². The monoisotopic (exact) mass is 1540 g/mol. The predicted molar refractivity (Wildman–Crippen MR) is 386 cm³/mol. The van der Waals surface area contributed by atoms with Crippen molar-refractivity contribution in [1.82, 2.24) is 54.7 Å². The van der Waals surface area contributed by atoms with Gasteiger partial charge in [-0.05, 0) is 131 Å². The van der Waals surface area contributed by atoms with Crippen molar-refractivity contribution in [2.45, 2.75) is 228 Å². The van der Waals surface area contributed by atoms with Crippen LogP contribution >= 0.6 is 0 Å². The lowest BCUT2D eigenvalue weighted by molar-refractivity contribution is -0.190. The van der Waals surface area contributed by atoms with Gasteiger partial charge in [-0.15, -0.1) is 0 Å². The van der Waals surface area contributed by atoms with Gasteiger partial charge < -0.3 is 68.9 Å². The molecule has 2 aliphatic carbocycles. The Bertz CT molecular complexity index is 3680. The van der Waals surface area contributed by atoms with Crippen LogP contribution in [0.15, 0.2) is 54.6 Å². The van der Waals surface area contributed by atoms with Gasteiger partial charge in [0, 0.05) is 88.4 Å². The van der Waals surface area contributed by atoms with Gasteiger partial charge in [-0.1, -0.05) is 76.8 Å². The molecular formula is C77H107F6N11O15. The van der Waals surface area contributed by atoms with Crippen LogP contribution in [0.3, 0.4) is 0 Å². The highest BCUT2D eigenvalue weighted by Gasteiger charge is 2.56. The number of methoxy groups -OCH3 is 1. The molecule has 32 heteroatoms. The Morgan fingerprint density at radius 1 is 0.679 bits per heavy atom. The van der Waals surface area contributed by atoms with E-state index >= 15 is 38.4 Å². The van der Waals surface area contributed by atoms with Gasteiger partial charge in [0.1, 0.15) is 60.1 Å². The van der Waals surface area contributed by atoms with Crippen molar-refractivity contribution in [3.05, 3.63) is 76.9 Å². The maximum absolute atomic E-state index is 15.6. The molecule has 3 saturated heterocycles. The number of carbonyl (C=O) groups is 12. The number of hydrogen-bond donors (Lipinski definition) is 2. The Morgan fingerprint density at radius 3 is 1.94 bits per heavy atom. The van der Waals surface area contributed by atoms with E-state index in [2.05, 4.69) is 10.6 Å². The van der Waals surface area contributed by atoms with Gasteiger partial charge in [-0.25, -0.2) is 4.79 Å². The molecule has 2 saturated carbocycles. The zero-order valence-corrected chi connectivity index (χ0v) is 64.5. The lowest BCUT2D eigenvalue weighted by Crippen LogP contribution is -2.63. The number of aryl methyl sites for hydroxylation is 1. The largest absolute Gasteiger partial charge is 0.496 e. The maximum Gasteiger partial charge on any atom is 0.419 e. The molecule has 4 aliphatic heterocycles. The molecule has 1 spiro atoms. The minimum Gasteiger partial charge on any atom is -0.496 e. The summed E-state index contributed by atoms with van der Waals surface area (Å²) in [5.41, 5.74) is -3.64. The van der Waals surface area contributed by atoms with E-state index in [1.807, 2.05) is 0 Å². The highest BCUT2D eigenvalue weighted by molar-refractivity contribution is 6.00. The standard InChI is InChI=1S/C77H107F6N11O15/c1-13-23-54-65(97)85-63(46(4)14-2)71(103)92-39-21-27-56(92)69(101)89(9)55-26-17-16-20-38-93(70(55)102)58(40-47-28-32-50(33-29-47)76(78,79)80)68(100)87(7)45-61(95)84-53(35-31-48-30-34-52(77(81,82)83)60(41-48)107-12)66(98)94-44-51(108-15-3)42-59(94)73(105)109-75(36-22-37-75)74(106)91(11)64(49-24-18-19-25-49)72(104)90(10)57(67(99)86(5)6)43-62(96)88(54)8/h16-17,28-30,32-34,41,46,49,51,53-59,63-64H,13-15,18-27,31,35-40,42-45H2,1-12H3,(H,84,95)(H,85,97)/b17-16-/t46-,51+,53-,54-,55-,56-,57-,58-,59-,63-,64-/m0/s1. The van der Waals surface area contributed by atoms with Crippen LogP contribution in [0.5, 0.6) is 5.75 Å². The molecule has 0 aromatic heterocycles. The van der Waals surface area contributed by atoms with Gasteiger partial charge in [-0.3, -0.25) is 52.7 Å². The molecule has 0 radical (unpaired) electrons. The summed E-state index contributed by atoms with van der Waals surface area (Å²) in [4.78, 5) is 193. The fourth-order valence-corrected chi connectivity index (χ4v) is 15.9. The Kier molecular flexibility index (Phi) is 28.9. The maximum atomic E-state index is 15.6. The van der Waals surface area contributed by atoms with Crippen LogP contribution in [0.2, 0.25) is 0 Å². The average molecular weight is 1540 g/mol. The number of nitrogens with one attached hydrogen (secondary N) is 2. The summed E-state index contributed by atoms with van der Waals surface area (Å²) in [5, 5.41) is 5.60. The smallest absolute Gasteiger partial charge is 0.419 e. The van der Waals surface area contributed by atoms with Crippen molar-refractivity contribution < 1.29 is 98.1 Å². The quantitative estimate of drug-likeness (QED) is 0.121. The first-order valence-electron chi connectivity index (χ1n) is 37.9. The number of rotatable bonds is 14. The molecule has 2 aromatic rings. The second-order valence-corrected chi connectivity index (χ2v) is 30.1. The van der Waals surface area contributed by atoms with E-state index in [1.165, 1.54) is 78.7 Å². The zero-order chi connectivity index (χ0) is 80.3. The van der Waals surface area contributed by atoms with Gasteiger partial charge in [0.25, 0.3) is 5.91 Å². The number of likely N-dealkylation sites (N-methyl/N-ethyl adjacent to an activating group) is 6. The van der Waals surface area contributed by atoms with Crippen LogP contribution in [-0.4, -0.2) is 270 Å². The van der Waals surface area contributed by atoms with E-state index in [9.17, 15) is 45.5 Å². The molecule has 6 aliphatic rings. The third-order valence-corrected chi connectivity index (χ3v) is 22.6. The minimum atomic E-state index is -4.83. The van der Waals surface area contributed by atoms with Crippen LogP contribution in [0.4, 0.5) is 26.3 Å². The first kappa shape index (κ1) is 85.8. The molecule has 109 heavy (non-hydrogen) atoms. The number of nitrogens with zero attached hydrogens (tertiary/aromatic N) is 9. The minimum absolute atomic E-state index is 0.0218. The van der Waals surface area contributed by atoms with Crippen LogP contribution in [0.25, 0.3) is 0 Å². The van der Waals surface area contributed by atoms with E-state index in [0.29, 0.717) is 51.4 Å². The van der Waals surface area contributed by atoms with E-state index in [4.69, 9.17) is 14.2 Å². The number of fused-ring (bicyclic) bond motifs is 4. The highest BCUT2D eigenvalue weighted by Crippen LogP contribution is 2.42. The van der Waals surface area contributed by atoms with E-state index in [-0.39, 0.29) is 95.2 Å². The molecule has 5 fully saturated rings. The van der Waals surface area contributed by atoms with Crippen molar-refractivity contribution in [2.24, 2.45) is 11.8 Å². The molecular weight excluding hydrogens is 1430 g/mol. The Hall–Kier alpha value is -8.84. The normalized spacial score (nSPS) is 27.0. The van der Waals surface area contributed by atoms with Crippen LogP contribution in [0.1, 0.15) is 159 Å². The summed E-state index contributed by atoms with van der Waals surface area (Å²) in [6.45, 7) is 5.83. The van der Waals surface area contributed by atoms with Crippen molar-refractivity contribution in [3.63, 3.8) is 0 Å². The fraction of sp³-hybridized carbons (Fsp3) is 0.662. The molecule has 602 valence electrons. The highest BCUT2D eigenvalue weighted by atomic mass is 19.4. The second kappa shape index (κ2) is 36.8. The summed E-state index contributed by atoms with van der Waals surface area (Å²) < 4.78 is 102. The summed E-state index contributed by atoms with van der Waals surface area (Å²) in [6.07, 6.45) is -4.96. The molecule has 8 rings (SSSR count). The van der Waals surface area contributed by atoms with Crippen molar-refractivity contribution in [1.29, 1.82) is 0 Å². The molecule has 2 aromatic carbocycles. The third kappa shape index (κ3) is 19.8. The average Bonchev–Trinajstić information content (AvgIpc) is 1.70. The lowest BCUT2D eigenvalue weighted by Gasteiger charge is -2.45. The number of alkyl halides is 6. The zero-order valence-electron chi connectivity index (χ0n) is 64.5. The van der Waals surface area contributed by atoms with Crippen molar-refractivity contribution >= 4 is 70.9 Å². The predicted octanol–water partition coefficient (Wildman–Crippen LogP) is 6.18. The number of benzene rings is 2. The van der Waals surface area contributed by atoms with Crippen molar-refractivity contribution in [3.8, 4) is 5.75 Å². The van der Waals surface area contributed by atoms with E-state index < -0.39 is 197 Å². The molecule has 11 atom stereocenters. The van der Waals surface area contributed by atoms with Gasteiger partial charge in [-0.2, -0.15) is 26.3 Å². The Morgan fingerprint density at radius 2 is 1.35 bits per heavy atom. The number of amides is 11. The SMILES string of the molecule is CCC[C@H]1C(=O)N[C@@H]([C@@H](C)CC)C(=O)N2CCC[C@H]2C(=O)N(C)[C@H]2C/C=C\CCN(C2=O)[C@@H](Cc2ccc(C(F)(F)F)cc2)C(=O)N(C)CC(=O)N[C@@H](CCc2ccc(C(F)(F)F)c(OC)c2)C(=O)N2C[C@H](OCC)C[C@H]2C(=O)OC2(CCC2)C(=O)N(C)[C@@H](C2CCCC2)C(=O)N(C)[C@H](C(=O)N(C)C)CC(=O)N1C. The number of carbonyl (C=O) groups excluding carboxylic acids is 12. The Labute approximate surface area is 633 Å². The van der Waals surface area contributed by atoms with Crippen LogP contribution < -0.4 is 15.4 Å². The summed E-state index contributed by atoms with van der Waals surface area (Å²) in [6, 6.07) is -5.65. The molecule has 0 unspecified atom stereocenters. The number of halogens is 6. The van der Waals surface area contributed by atoms with Crippen molar-refractivity contribution in [2.75, 3.05) is 89.2 Å². The molecule has 2 N–H and O–H groups in total. The van der Waals surface area contributed by atoms with Gasteiger partial charge in [0.15, 0.2) is 5.60 Å². The van der Waals surface area contributed by atoms with Crippen LogP contribution in [-0.2, 0) is 92.2 Å². The topological polar surface area (TPSA) is 286 Å². The van der Waals surface area contributed by atoms with Gasteiger partial charge >= 0.3 is 18.3 Å². The summed E-state index contributed by atoms with van der Waals surface area (Å²) in [7, 11) is 10.6. The molecule has 11 amide bonds. The van der Waals surface area contributed by atoms with Gasteiger partial charge in [0.05, 0.1) is 37.3 Å². The summed E-state index contributed by atoms with van der Waals surface area (Å²) in [5.74, 6) is -11.2. The molecule has 26 nitrogen and oxygen atoms in total. The first-order chi connectivity index (χ1) is 51.4. The second-order valence-electron chi connectivity index (χ2n) is 30.1.